The summed E-state index contributed by atoms with van der Waals surface area (Å²) in [7, 11) is 0. The molecule has 1 aliphatic rings. The molecule has 0 radical (unpaired) electrons. The van der Waals surface area contributed by atoms with Crippen molar-refractivity contribution in [1.29, 1.82) is 0 Å². The molecule has 0 aromatic heterocycles. The van der Waals surface area contributed by atoms with Gasteiger partial charge in [-0.15, -0.1) is 0 Å². The predicted molar refractivity (Wildman–Crippen MR) is 71.6 cm³/mol. The summed E-state index contributed by atoms with van der Waals surface area (Å²) in [5.74, 6) is 0.981. The summed E-state index contributed by atoms with van der Waals surface area (Å²) >= 11 is 3.69. The van der Waals surface area contributed by atoms with Gasteiger partial charge in [0.2, 0.25) is 0 Å². The second kappa shape index (κ2) is 5.22. The standard InChI is InChI=1S/C14H19BrO/c1-2-16-13-7-5-12(6-8-13)14(11-15)9-3-4-10-14/h5-8H,2-4,9-11H2,1H3. The summed E-state index contributed by atoms with van der Waals surface area (Å²) in [5.41, 5.74) is 1.84. The third-order valence-electron chi connectivity index (χ3n) is 3.59. The summed E-state index contributed by atoms with van der Waals surface area (Å²) < 4.78 is 5.48. The largest absolute Gasteiger partial charge is 0.494 e. The van der Waals surface area contributed by atoms with E-state index in [-0.39, 0.29) is 0 Å². The van der Waals surface area contributed by atoms with Gasteiger partial charge in [-0.2, -0.15) is 0 Å². The first-order valence-electron chi connectivity index (χ1n) is 6.10. The highest BCUT2D eigenvalue weighted by atomic mass is 79.9. The average Bonchev–Trinajstić information content (AvgIpc) is 2.80. The van der Waals surface area contributed by atoms with Crippen molar-refractivity contribution < 1.29 is 4.74 Å². The van der Waals surface area contributed by atoms with Crippen LogP contribution in [-0.4, -0.2) is 11.9 Å². The molecule has 0 atom stereocenters. The van der Waals surface area contributed by atoms with E-state index in [0.717, 1.165) is 17.7 Å². The highest BCUT2D eigenvalue weighted by Gasteiger charge is 2.34. The van der Waals surface area contributed by atoms with E-state index in [1.165, 1.54) is 31.2 Å². The van der Waals surface area contributed by atoms with E-state index in [2.05, 4.69) is 40.2 Å². The Morgan fingerprint density at radius 3 is 2.31 bits per heavy atom. The van der Waals surface area contributed by atoms with Crippen LogP contribution in [0.1, 0.15) is 38.2 Å². The Morgan fingerprint density at radius 2 is 1.81 bits per heavy atom. The monoisotopic (exact) mass is 282 g/mol. The molecule has 0 amide bonds. The summed E-state index contributed by atoms with van der Waals surface area (Å²) in [6.45, 7) is 2.76. The molecule has 16 heavy (non-hydrogen) atoms. The van der Waals surface area contributed by atoms with Crippen LogP contribution >= 0.6 is 15.9 Å². The van der Waals surface area contributed by atoms with Crippen molar-refractivity contribution in [2.45, 2.75) is 38.0 Å². The molecule has 0 spiro atoms. The highest BCUT2D eigenvalue weighted by molar-refractivity contribution is 9.09. The summed E-state index contributed by atoms with van der Waals surface area (Å²) in [6.07, 6.45) is 5.34. The van der Waals surface area contributed by atoms with Crippen molar-refractivity contribution in [1.82, 2.24) is 0 Å². The maximum absolute atomic E-state index is 5.48. The zero-order valence-corrected chi connectivity index (χ0v) is 11.4. The zero-order valence-electron chi connectivity index (χ0n) is 9.84. The fraction of sp³-hybridized carbons (Fsp3) is 0.571. The number of halogens is 1. The molecule has 1 saturated carbocycles. The minimum Gasteiger partial charge on any atom is -0.494 e. The van der Waals surface area contributed by atoms with Crippen LogP contribution in [0.15, 0.2) is 24.3 Å². The maximum atomic E-state index is 5.48. The summed E-state index contributed by atoms with van der Waals surface area (Å²) in [5, 5.41) is 1.08. The van der Waals surface area contributed by atoms with E-state index in [0.29, 0.717) is 5.41 Å². The number of ether oxygens (including phenoxy) is 1. The maximum Gasteiger partial charge on any atom is 0.119 e. The van der Waals surface area contributed by atoms with E-state index < -0.39 is 0 Å². The lowest BCUT2D eigenvalue weighted by Crippen LogP contribution is -2.23. The van der Waals surface area contributed by atoms with Crippen LogP contribution in [0.2, 0.25) is 0 Å². The lowest BCUT2D eigenvalue weighted by molar-refractivity contribution is 0.340. The van der Waals surface area contributed by atoms with Gasteiger partial charge in [0.15, 0.2) is 0 Å². The van der Waals surface area contributed by atoms with Crippen LogP contribution in [0, 0.1) is 0 Å². The van der Waals surface area contributed by atoms with Crippen LogP contribution in [0.3, 0.4) is 0 Å². The van der Waals surface area contributed by atoms with Crippen LogP contribution in [0.5, 0.6) is 5.75 Å². The average molecular weight is 283 g/mol. The van der Waals surface area contributed by atoms with Crippen LogP contribution in [0.4, 0.5) is 0 Å². The summed E-state index contributed by atoms with van der Waals surface area (Å²) in [6, 6.07) is 8.66. The first kappa shape index (κ1) is 12.0. The first-order valence-corrected chi connectivity index (χ1v) is 7.22. The molecule has 0 aliphatic heterocycles. The number of hydrogen-bond acceptors (Lipinski definition) is 1. The molecule has 1 aliphatic carbocycles. The molecular formula is C14H19BrO. The van der Waals surface area contributed by atoms with Crippen LogP contribution < -0.4 is 4.74 Å². The van der Waals surface area contributed by atoms with E-state index in [1.807, 2.05) is 6.92 Å². The molecule has 0 heterocycles. The Kier molecular flexibility index (Phi) is 3.91. The van der Waals surface area contributed by atoms with Gasteiger partial charge in [0.25, 0.3) is 0 Å². The molecule has 2 heteroatoms. The minimum absolute atomic E-state index is 0.380. The van der Waals surface area contributed by atoms with Gasteiger partial charge in [-0.05, 0) is 37.5 Å². The van der Waals surface area contributed by atoms with Crippen molar-refractivity contribution in [2.24, 2.45) is 0 Å². The minimum atomic E-state index is 0.380. The fourth-order valence-electron chi connectivity index (χ4n) is 2.62. The van der Waals surface area contributed by atoms with Gasteiger partial charge in [-0.1, -0.05) is 40.9 Å². The van der Waals surface area contributed by atoms with Crippen molar-refractivity contribution in [3.63, 3.8) is 0 Å². The third kappa shape index (κ3) is 2.27. The summed E-state index contributed by atoms with van der Waals surface area (Å²) in [4.78, 5) is 0. The lowest BCUT2D eigenvalue weighted by atomic mass is 9.81. The molecule has 0 saturated heterocycles. The molecule has 1 fully saturated rings. The number of hydrogen-bond donors (Lipinski definition) is 0. The molecule has 88 valence electrons. The van der Waals surface area contributed by atoms with Crippen molar-refractivity contribution in [3.05, 3.63) is 29.8 Å². The molecule has 1 aromatic carbocycles. The third-order valence-corrected chi connectivity index (χ3v) is 4.67. The van der Waals surface area contributed by atoms with Crippen molar-refractivity contribution in [2.75, 3.05) is 11.9 Å². The molecule has 1 nitrogen and oxygen atoms in total. The van der Waals surface area contributed by atoms with Gasteiger partial charge in [0.1, 0.15) is 5.75 Å². The molecule has 0 bridgehead atoms. The second-order valence-corrected chi connectivity index (χ2v) is 5.14. The van der Waals surface area contributed by atoms with Gasteiger partial charge in [-0.3, -0.25) is 0 Å². The fourth-order valence-corrected chi connectivity index (χ4v) is 3.51. The Hall–Kier alpha value is -0.500. The molecule has 2 rings (SSSR count). The van der Waals surface area contributed by atoms with Gasteiger partial charge < -0.3 is 4.74 Å². The first-order chi connectivity index (χ1) is 7.80. The lowest BCUT2D eigenvalue weighted by Gasteiger charge is -2.27. The van der Waals surface area contributed by atoms with Crippen molar-refractivity contribution in [3.8, 4) is 5.75 Å². The Labute approximate surface area is 106 Å². The SMILES string of the molecule is CCOc1ccc(C2(CBr)CCCC2)cc1. The van der Waals surface area contributed by atoms with E-state index in [9.17, 15) is 0 Å². The highest BCUT2D eigenvalue weighted by Crippen LogP contribution is 2.42. The second-order valence-electron chi connectivity index (χ2n) is 4.58. The number of rotatable bonds is 4. The number of alkyl halides is 1. The van der Waals surface area contributed by atoms with Gasteiger partial charge in [0.05, 0.1) is 6.61 Å². The van der Waals surface area contributed by atoms with E-state index in [4.69, 9.17) is 4.74 Å². The molecule has 0 unspecified atom stereocenters. The Morgan fingerprint density at radius 1 is 1.19 bits per heavy atom. The topological polar surface area (TPSA) is 9.23 Å². The number of benzene rings is 1. The van der Waals surface area contributed by atoms with Crippen LogP contribution in [0.25, 0.3) is 0 Å². The normalized spacial score (nSPS) is 18.6. The molecule has 0 N–H and O–H groups in total. The van der Waals surface area contributed by atoms with E-state index in [1.54, 1.807) is 0 Å². The van der Waals surface area contributed by atoms with Crippen LogP contribution in [-0.2, 0) is 5.41 Å². The van der Waals surface area contributed by atoms with E-state index >= 15 is 0 Å². The van der Waals surface area contributed by atoms with Gasteiger partial charge >= 0.3 is 0 Å². The predicted octanol–water partition coefficient (Wildman–Crippen LogP) is 4.29. The van der Waals surface area contributed by atoms with Gasteiger partial charge in [-0.25, -0.2) is 0 Å². The quantitative estimate of drug-likeness (QED) is 0.749. The zero-order chi connectivity index (χ0) is 11.4. The Balaban J connectivity index is 2.19. The molecule has 1 aromatic rings. The van der Waals surface area contributed by atoms with Gasteiger partial charge in [0, 0.05) is 10.7 Å². The smallest absolute Gasteiger partial charge is 0.119 e. The molecular weight excluding hydrogens is 264 g/mol. The van der Waals surface area contributed by atoms with Crippen molar-refractivity contribution >= 4 is 15.9 Å². The Bertz CT molecular complexity index is 325.